The van der Waals surface area contributed by atoms with Crippen molar-refractivity contribution in [2.45, 2.75) is 70.1 Å². The fraction of sp³-hybridized carbons (Fsp3) is 0.684. The number of nitrogens with zero attached hydrogens (tertiary/aromatic N) is 1. The van der Waals surface area contributed by atoms with E-state index in [4.69, 9.17) is 17.2 Å². The molecule has 0 saturated carbocycles. The molecule has 13 heteroatoms. The average molecular weight is 457 g/mol. The van der Waals surface area contributed by atoms with Gasteiger partial charge in [0, 0.05) is 13.0 Å². The molecule has 9 N–H and O–H groups in total. The third-order valence-corrected chi connectivity index (χ3v) is 5.12. The first-order chi connectivity index (χ1) is 14.8. The molecule has 5 amide bonds. The van der Waals surface area contributed by atoms with Gasteiger partial charge >= 0.3 is 5.97 Å². The van der Waals surface area contributed by atoms with Crippen LogP contribution in [0.25, 0.3) is 0 Å². The SMILES string of the molecule is CC(C)C(NC(=O)C(N)CC(N)=O)C(=O)NC(CCC(N)=O)C(=O)N1CCCC1C(=O)O. The van der Waals surface area contributed by atoms with E-state index < -0.39 is 72.0 Å². The molecule has 0 spiro atoms. The summed E-state index contributed by atoms with van der Waals surface area (Å²) in [5, 5.41) is 14.3. The number of carbonyl (C=O) groups excluding carboxylic acids is 5. The van der Waals surface area contributed by atoms with Crippen molar-refractivity contribution in [3.8, 4) is 0 Å². The second kappa shape index (κ2) is 12.0. The number of carboxylic acids is 1. The number of primary amides is 2. The zero-order chi connectivity index (χ0) is 24.6. The van der Waals surface area contributed by atoms with Gasteiger partial charge in [0.2, 0.25) is 29.5 Å². The highest BCUT2D eigenvalue weighted by Gasteiger charge is 2.38. The van der Waals surface area contributed by atoms with E-state index in [1.807, 2.05) is 0 Å². The summed E-state index contributed by atoms with van der Waals surface area (Å²) in [6, 6.07) is -4.61. The summed E-state index contributed by atoms with van der Waals surface area (Å²) in [7, 11) is 0. The summed E-state index contributed by atoms with van der Waals surface area (Å²) < 4.78 is 0. The van der Waals surface area contributed by atoms with Crippen LogP contribution in [0.3, 0.4) is 0 Å². The van der Waals surface area contributed by atoms with Gasteiger partial charge in [-0.2, -0.15) is 0 Å². The van der Waals surface area contributed by atoms with E-state index in [9.17, 15) is 33.9 Å². The first-order valence-corrected chi connectivity index (χ1v) is 10.3. The van der Waals surface area contributed by atoms with Crippen molar-refractivity contribution in [2.24, 2.45) is 23.1 Å². The van der Waals surface area contributed by atoms with Crippen LogP contribution in [0.1, 0.15) is 46.0 Å². The summed E-state index contributed by atoms with van der Waals surface area (Å²) >= 11 is 0. The van der Waals surface area contributed by atoms with Crippen LogP contribution in [0.15, 0.2) is 0 Å². The Morgan fingerprint density at radius 2 is 1.66 bits per heavy atom. The molecule has 13 nitrogen and oxygen atoms in total. The number of nitrogens with two attached hydrogens (primary N) is 3. The van der Waals surface area contributed by atoms with E-state index >= 15 is 0 Å². The maximum absolute atomic E-state index is 13.0. The van der Waals surface area contributed by atoms with Gasteiger partial charge in [-0.15, -0.1) is 0 Å². The molecular formula is C19H32N6O7. The number of carboxylic acid groups (broad SMARTS) is 1. The van der Waals surface area contributed by atoms with Gasteiger partial charge in [0.1, 0.15) is 18.1 Å². The highest BCUT2D eigenvalue weighted by Crippen LogP contribution is 2.20. The normalized spacial score (nSPS) is 18.5. The lowest BCUT2D eigenvalue weighted by molar-refractivity contribution is -0.149. The Hall–Kier alpha value is -3.22. The van der Waals surface area contributed by atoms with Gasteiger partial charge in [-0.3, -0.25) is 24.0 Å². The van der Waals surface area contributed by atoms with Crippen molar-refractivity contribution in [1.29, 1.82) is 0 Å². The first kappa shape index (κ1) is 26.8. The number of amides is 5. The Bertz CT molecular complexity index is 756. The van der Waals surface area contributed by atoms with Gasteiger partial charge in [0.05, 0.1) is 12.5 Å². The van der Waals surface area contributed by atoms with Crippen LogP contribution in [0.2, 0.25) is 0 Å². The molecule has 4 unspecified atom stereocenters. The van der Waals surface area contributed by atoms with Crippen LogP contribution in [-0.2, 0) is 28.8 Å². The molecule has 1 fully saturated rings. The molecule has 0 radical (unpaired) electrons. The van der Waals surface area contributed by atoms with Crippen molar-refractivity contribution < 1.29 is 33.9 Å². The quantitative estimate of drug-likeness (QED) is 0.179. The minimum absolute atomic E-state index is 0.136. The van der Waals surface area contributed by atoms with E-state index in [-0.39, 0.29) is 25.8 Å². The van der Waals surface area contributed by atoms with Gasteiger partial charge in [0.25, 0.3) is 0 Å². The van der Waals surface area contributed by atoms with Gasteiger partial charge in [-0.25, -0.2) is 4.79 Å². The van der Waals surface area contributed by atoms with Crippen molar-refractivity contribution in [1.82, 2.24) is 15.5 Å². The number of likely N-dealkylation sites (tertiary alicyclic amines) is 1. The lowest BCUT2D eigenvalue weighted by atomic mass is 10.0. The lowest BCUT2D eigenvalue weighted by Gasteiger charge is -2.29. The summed E-state index contributed by atoms with van der Waals surface area (Å²) in [5.41, 5.74) is 15.8. The zero-order valence-corrected chi connectivity index (χ0v) is 18.2. The third-order valence-electron chi connectivity index (χ3n) is 5.12. The summed E-state index contributed by atoms with van der Waals surface area (Å²) in [5.74, 6) is -5.22. The van der Waals surface area contributed by atoms with Crippen LogP contribution in [0.4, 0.5) is 0 Å². The number of aliphatic carboxylic acids is 1. The Labute approximate surface area is 185 Å². The maximum Gasteiger partial charge on any atom is 0.326 e. The predicted octanol–water partition coefficient (Wildman–Crippen LogP) is -2.84. The van der Waals surface area contributed by atoms with Crippen molar-refractivity contribution in [3.05, 3.63) is 0 Å². The van der Waals surface area contributed by atoms with Crippen LogP contribution in [-0.4, -0.2) is 76.2 Å². The van der Waals surface area contributed by atoms with E-state index in [1.165, 1.54) is 0 Å². The van der Waals surface area contributed by atoms with Crippen molar-refractivity contribution >= 4 is 35.5 Å². The largest absolute Gasteiger partial charge is 0.480 e. The second-order valence-electron chi connectivity index (χ2n) is 8.10. The predicted molar refractivity (Wildman–Crippen MR) is 111 cm³/mol. The Kier molecular flexibility index (Phi) is 10.0. The summed E-state index contributed by atoms with van der Waals surface area (Å²) in [4.78, 5) is 72.9. The number of rotatable bonds is 12. The van der Waals surface area contributed by atoms with Crippen molar-refractivity contribution in [2.75, 3.05) is 6.54 Å². The molecule has 1 saturated heterocycles. The Morgan fingerprint density at radius 3 is 2.16 bits per heavy atom. The van der Waals surface area contributed by atoms with Crippen LogP contribution in [0.5, 0.6) is 0 Å². The Balaban J connectivity index is 2.99. The van der Waals surface area contributed by atoms with E-state index in [0.717, 1.165) is 4.90 Å². The first-order valence-electron chi connectivity index (χ1n) is 10.3. The highest BCUT2D eigenvalue weighted by atomic mass is 16.4. The molecule has 0 bridgehead atoms. The minimum Gasteiger partial charge on any atom is -0.480 e. The number of nitrogens with one attached hydrogen (secondary N) is 2. The molecule has 1 aliphatic rings. The van der Waals surface area contributed by atoms with Crippen LogP contribution >= 0.6 is 0 Å². The molecule has 1 aliphatic heterocycles. The van der Waals surface area contributed by atoms with Gasteiger partial charge in [0.15, 0.2) is 0 Å². The topological polar surface area (TPSA) is 228 Å². The van der Waals surface area contributed by atoms with Crippen molar-refractivity contribution in [3.63, 3.8) is 0 Å². The standard InChI is InChI=1S/C19H32N6O7/c1-9(2)15(24-16(28)10(20)8-14(22)27)17(29)23-11(5-6-13(21)26)18(30)25-7-3-4-12(25)19(31)32/h9-12,15H,3-8,20H2,1-2H3,(H2,21,26)(H2,22,27)(H,23,29)(H,24,28)(H,31,32). The van der Waals surface area contributed by atoms with E-state index in [1.54, 1.807) is 13.8 Å². The number of carbonyl (C=O) groups is 6. The van der Waals surface area contributed by atoms with Gasteiger partial charge in [-0.1, -0.05) is 13.8 Å². The van der Waals surface area contributed by atoms with Gasteiger partial charge in [-0.05, 0) is 25.2 Å². The molecule has 0 aromatic heterocycles. The number of hydrogen-bond acceptors (Lipinski definition) is 7. The minimum atomic E-state index is -1.25. The highest BCUT2D eigenvalue weighted by molar-refractivity contribution is 5.95. The fourth-order valence-corrected chi connectivity index (χ4v) is 3.40. The molecule has 0 aliphatic carbocycles. The molecule has 32 heavy (non-hydrogen) atoms. The molecule has 180 valence electrons. The lowest BCUT2D eigenvalue weighted by Crippen LogP contribution is -2.58. The second-order valence-corrected chi connectivity index (χ2v) is 8.10. The van der Waals surface area contributed by atoms with Gasteiger partial charge < -0.3 is 37.8 Å². The molecular weight excluding hydrogens is 424 g/mol. The van der Waals surface area contributed by atoms with E-state index in [2.05, 4.69) is 10.6 Å². The maximum atomic E-state index is 13.0. The molecule has 0 aromatic rings. The smallest absolute Gasteiger partial charge is 0.326 e. The fourth-order valence-electron chi connectivity index (χ4n) is 3.40. The summed E-state index contributed by atoms with van der Waals surface area (Å²) in [6.45, 7) is 3.49. The molecule has 1 rings (SSSR count). The molecule has 4 atom stereocenters. The zero-order valence-electron chi connectivity index (χ0n) is 18.2. The molecule has 0 aromatic carbocycles. The Morgan fingerprint density at radius 1 is 1.03 bits per heavy atom. The third kappa shape index (κ3) is 7.80. The van der Waals surface area contributed by atoms with E-state index in [0.29, 0.717) is 6.42 Å². The average Bonchev–Trinajstić information content (AvgIpc) is 3.17. The number of hydrogen-bond donors (Lipinski definition) is 6. The van der Waals surface area contributed by atoms with Crippen LogP contribution < -0.4 is 27.8 Å². The summed E-state index contributed by atoms with van der Waals surface area (Å²) in [6.07, 6.45) is -0.00170. The molecule has 1 heterocycles. The monoisotopic (exact) mass is 456 g/mol. The van der Waals surface area contributed by atoms with Crippen LogP contribution in [0, 0.1) is 5.92 Å².